The first kappa shape index (κ1) is 16.0. The summed E-state index contributed by atoms with van der Waals surface area (Å²) < 4.78 is 24.6. The molecular formula is C16H20N2O4S. The van der Waals surface area contributed by atoms with Gasteiger partial charge in [0, 0.05) is 6.54 Å². The van der Waals surface area contributed by atoms with E-state index in [2.05, 4.69) is 0 Å². The van der Waals surface area contributed by atoms with Crippen molar-refractivity contribution in [3.63, 3.8) is 0 Å². The molecule has 1 unspecified atom stereocenters. The molecule has 1 saturated heterocycles. The van der Waals surface area contributed by atoms with Crippen LogP contribution in [0.3, 0.4) is 0 Å². The highest BCUT2D eigenvalue weighted by Crippen LogP contribution is 2.51. The largest absolute Gasteiger partial charge is 0.327 e. The van der Waals surface area contributed by atoms with Crippen molar-refractivity contribution in [2.75, 3.05) is 12.8 Å². The zero-order valence-electron chi connectivity index (χ0n) is 13.2. The van der Waals surface area contributed by atoms with E-state index in [1.54, 1.807) is 6.92 Å². The zero-order chi connectivity index (χ0) is 16.9. The summed E-state index contributed by atoms with van der Waals surface area (Å²) in [6, 6.07) is 9.55. The second-order valence-electron chi connectivity index (χ2n) is 6.63. The third kappa shape index (κ3) is 2.63. The number of sulfonamides is 1. The van der Waals surface area contributed by atoms with Crippen LogP contribution < -0.4 is 4.72 Å². The van der Waals surface area contributed by atoms with Gasteiger partial charge in [-0.25, -0.2) is 8.42 Å². The third-order valence-corrected chi connectivity index (χ3v) is 5.47. The van der Waals surface area contributed by atoms with Gasteiger partial charge in [0.05, 0.1) is 11.7 Å². The first-order chi connectivity index (χ1) is 10.7. The molecule has 1 saturated carbocycles. The molecule has 2 aliphatic rings. The predicted octanol–water partition coefficient (Wildman–Crippen LogP) is 0.785. The van der Waals surface area contributed by atoms with Gasteiger partial charge in [0.1, 0.15) is 5.54 Å². The van der Waals surface area contributed by atoms with Crippen LogP contribution in [0.2, 0.25) is 0 Å². The lowest BCUT2D eigenvalue weighted by Gasteiger charge is -2.50. The van der Waals surface area contributed by atoms with Crippen molar-refractivity contribution in [1.29, 1.82) is 0 Å². The number of hydrogen-bond donors (Lipinski definition) is 1. The second-order valence-corrected chi connectivity index (χ2v) is 8.38. The molecule has 0 aromatic heterocycles. The lowest BCUT2D eigenvalue weighted by atomic mass is 9.82. The van der Waals surface area contributed by atoms with Gasteiger partial charge in [-0.1, -0.05) is 30.3 Å². The van der Waals surface area contributed by atoms with Gasteiger partial charge in [-0.3, -0.25) is 14.3 Å². The van der Waals surface area contributed by atoms with Gasteiger partial charge in [0.25, 0.3) is 5.91 Å². The highest BCUT2D eigenvalue weighted by atomic mass is 32.2. The van der Waals surface area contributed by atoms with E-state index in [4.69, 9.17) is 0 Å². The smallest absolute Gasteiger partial charge is 0.259 e. The fourth-order valence-corrected chi connectivity index (χ4v) is 3.72. The van der Waals surface area contributed by atoms with Crippen LogP contribution in [0.25, 0.3) is 0 Å². The molecule has 1 heterocycles. The Kier molecular flexibility index (Phi) is 3.51. The Morgan fingerprint density at radius 2 is 1.74 bits per heavy atom. The van der Waals surface area contributed by atoms with Crippen molar-refractivity contribution >= 4 is 21.8 Å². The number of hydrogen-bond acceptors (Lipinski definition) is 4. The molecule has 124 valence electrons. The summed E-state index contributed by atoms with van der Waals surface area (Å²) in [6.45, 7) is 2.09. The quantitative estimate of drug-likeness (QED) is 0.881. The summed E-state index contributed by atoms with van der Waals surface area (Å²) in [6.07, 6.45) is 2.92. The van der Waals surface area contributed by atoms with Crippen LogP contribution in [-0.4, -0.2) is 43.5 Å². The van der Waals surface area contributed by atoms with Gasteiger partial charge < -0.3 is 4.90 Å². The summed E-state index contributed by atoms with van der Waals surface area (Å²) >= 11 is 0. The summed E-state index contributed by atoms with van der Waals surface area (Å²) in [7, 11) is -3.64. The van der Waals surface area contributed by atoms with Crippen LogP contribution in [0.5, 0.6) is 0 Å². The van der Waals surface area contributed by atoms with E-state index in [9.17, 15) is 18.0 Å². The average molecular weight is 336 g/mol. The Morgan fingerprint density at radius 3 is 2.17 bits per heavy atom. The maximum absolute atomic E-state index is 13.0. The van der Waals surface area contributed by atoms with Crippen LogP contribution >= 0.6 is 0 Å². The number of nitrogens with zero attached hydrogens (tertiary/aromatic N) is 1. The molecule has 7 heteroatoms. The monoisotopic (exact) mass is 336 g/mol. The minimum absolute atomic E-state index is 0.0823. The Bertz CT molecular complexity index is 756. The molecule has 0 spiro atoms. The van der Waals surface area contributed by atoms with E-state index in [0.717, 1.165) is 24.7 Å². The average Bonchev–Trinajstić information content (AvgIpc) is 3.26. The fourth-order valence-electron chi connectivity index (χ4n) is 3.17. The van der Waals surface area contributed by atoms with Crippen molar-refractivity contribution in [1.82, 2.24) is 9.62 Å². The SMILES string of the molecule is CC1(C(=O)NS(C)(=O)=O)CCN1C(=O)C1(c2ccccc2)CC1. The van der Waals surface area contributed by atoms with Gasteiger partial charge in [-0.15, -0.1) is 0 Å². The number of amides is 2. The van der Waals surface area contributed by atoms with E-state index >= 15 is 0 Å². The minimum Gasteiger partial charge on any atom is -0.327 e. The number of carbonyl (C=O) groups excluding carboxylic acids is 2. The van der Waals surface area contributed by atoms with E-state index in [1.807, 2.05) is 35.1 Å². The van der Waals surface area contributed by atoms with Crippen LogP contribution in [0, 0.1) is 0 Å². The van der Waals surface area contributed by atoms with Crippen LogP contribution in [0.15, 0.2) is 30.3 Å². The molecule has 1 aliphatic heterocycles. The van der Waals surface area contributed by atoms with Crippen molar-refractivity contribution in [3.8, 4) is 0 Å². The van der Waals surface area contributed by atoms with Gasteiger partial charge in [0.2, 0.25) is 15.9 Å². The molecule has 1 aliphatic carbocycles. The molecule has 2 fully saturated rings. The topological polar surface area (TPSA) is 83.6 Å². The predicted molar refractivity (Wildman–Crippen MR) is 85.1 cm³/mol. The molecule has 1 atom stereocenters. The summed E-state index contributed by atoms with van der Waals surface area (Å²) in [4.78, 5) is 26.8. The van der Waals surface area contributed by atoms with Crippen molar-refractivity contribution in [2.24, 2.45) is 0 Å². The minimum atomic E-state index is -3.64. The van der Waals surface area contributed by atoms with Crippen LogP contribution in [0.1, 0.15) is 31.7 Å². The molecule has 23 heavy (non-hydrogen) atoms. The van der Waals surface area contributed by atoms with Gasteiger partial charge in [-0.05, 0) is 31.7 Å². The standard InChI is InChI=1S/C16H20N2O4S/c1-15(13(19)17-23(2,21)22)10-11-18(15)14(20)16(8-9-16)12-6-4-3-5-7-12/h3-7H,8-11H2,1-2H3,(H,17,19). The van der Waals surface area contributed by atoms with Crippen molar-refractivity contribution in [2.45, 2.75) is 37.1 Å². The lowest BCUT2D eigenvalue weighted by Crippen LogP contribution is -2.69. The highest BCUT2D eigenvalue weighted by Gasteiger charge is 2.59. The normalized spacial score (nSPS) is 25.4. The summed E-state index contributed by atoms with van der Waals surface area (Å²) in [5, 5.41) is 0. The number of likely N-dealkylation sites (tertiary alicyclic amines) is 1. The summed E-state index contributed by atoms with van der Waals surface area (Å²) in [5.41, 5.74) is -0.679. The van der Waals surface area contributed by atoms with Gasteiger partial charge >= 0.3 is 0 Å². The zero-order valence-corrected chi connectivity index (χ0v) is 14.0. The number of rotatable bonds is 4. The summed E-state index contributed by atoms with van der Waals surface area (Å²) in [5.74, 6) is -0.718. The number of nitrogens with one attached hydrogen (secondary N) is 1. The van der Waals surface area contributed by atoms with Crippen LogP contribution in [0.4, 0.5) is 0 Å². The Labute approximate surface area is 135 Å². The molecule has 3 rings (SSSR count). The van der Waals surface area contributed by atoms with E-state index in [-0.39, 0.29) is 5.91 Å². The molecule has 2 amide bonds. The molecule has 0 radical (unpaired) electrons. The molecule has 1 aromatic rings. The van der Waals surface area contributed by atoms with Crippen molar-refractivity contribution in [3.05, 3.63) is 35.9 Å². The van der Waals surface area contributed by atoms with E-state index in [0.29, 0.717) is 13.0 Å². The van der Waals surface area contributed by atoms with Crippen LogP contribution in [-0.2, 0) is 25.0 Å². The molecular weight excluding hydrogens is 316 g/mol. The molecule has 6 nitrogen and oxygen atoms in total. The van der Waals surface area contributed by atoms with E-state index < -0.39 is 26.9 Å². The second kappa shape index (κ2) is 5.06. The third-order valence-electron chi connectivity index (χ3n) is 4.92. The number of carbonyl (C=O) groups is 2. The first-order valence-corrected chi connectivity index (χ1v) is 9.48. The van der Waals surface area contributed by atoms with Crippen molar-refractivity contribution < 1.29 is 18.0 Å². The van der Waals surface area contributed by atoms with Gasteiger partial charge in [0.15, 0.2) is 0 Å². The van der Waals surface area contributed by atoms with E-state index in [1.165, 1.54) is 4.90 Å². The molecule has 1 N–H and O–H groups in total. The fraction of sp³-hybridized carbons (Fsp3) is 0.500. The Balaban J connectivity index is 1.82. The Hall–Kier alpha value is -1.89. The molecule has 1 aromatic carbocycles. The van der Waals surface area contributed by atoms with Gasteiger partial charge in [-0.2, -0.15) is 0 Å². The maximum Gasteiger partial charge on any atom is 0.259 e. The maximum atomic E-state index is 13.0. The number of benzene rings is 1. The Morgan fingerprint density at radius 1 is 1.13 bits per heavy atom. The highest BCUT2D eigenvalue weighted by molar-refractivity contribution is 7.89. The first-order valence-electron chi connectivity index (χ1n) is 7.59. The lowest BCUT2D eigenvalue weighted by molar-refractivity contribution is -0.158. The molecule has 0 bridgehead atoms.